The molecule has 0 amide bonds. The first kappa shape index (κ1) is 15.7. The summed E-state index contributed by atoms with van der Waals surface area (Å²) in [5, 5.41) is 3.33. The van der Waals surface area contributed by atoms with Gasteiger partial charge in [-0.15, -0.1) is 0 Å². The maximum Gasteiger partial charge on any atom is 0.263 e. The van der Waals surface area contributed by atoms with Crippen molar-refractivity contribution < 1.29 is 13.2 Å². The lowest BCUT2D eigenvalue weighted by molar-refractivity contribution is 0.151. The first-order chi connectivity index (χ1) is 10.1. The van der Waals surface area contributed by atoms with Crippen LogP contribution in [0.5, 0.6) is 0 Å². The van der Waals surface area contributed by atoms with Crippen LogP contribution in [0.25, 0.3) is 0 Å². The second-order valence-corrected chi connectivity index (χ2v) is 5.17. The number of halogens is 2. The molecule has 0 aliphatic rings. The van der Waals surface area contributed by atoms with Crippen molar-refractivity contribution in [2.75, 3.05) is 20.6 Å². The van der Waals surface area contributed by atoms with Crippen LogP contribution in [0.2, 0.25) is 0 Å². The third kappa shape index (κ3) is 4.37. The Kier molecular flexibility index (Phi) is 5.47. The van der Waals surface area contributed by atoms with Gasteiger partial charge in [-0.3, -0.25) is 4.90 Å². The summed E-state index contributed by atoms with van der Waals surface area (Å²) in [5.74, 6) is 0.903. The van der Waals surface area contributed by atoms with E-state index in [1.54, 1.807) is 18.4 Å². The average molecular weight is 294 g/mol. The topological polar surface area (TPSA) is 28.4 Å². The van der Waals surface area contributed by atoms with Gasteiger partial charge in [0.25, 0.3) is 6.43 Å². The summed E-state index contributed by atoms with van der Waals surface area (Å²) in [6.45, 7) is 1.35. The molecule has 1 N–H and O–H groups in total. The molecule has 114 valence electrons. The van der Waals surface area contributed by atoms with E-state index in [-0.39, 0.29) is 11.6 Å². The van der Waals surface area contributed by atoms with Gasteiger partial charge in [-0.25, -0.2) is 8.78 Å². The summed E-state index contributed by atoms with van der Waals surface area (Å²) >= 11 is 0. The van der Waals surface area contributed by atoms with Crippen LogP contribution < -0.4 is 5.32 Å². The van der Waals surface area contributed by atoms with E-state index in [2.05, 4.69) is 10.2 Å². The van der Waals surface area contributed by atoms with Crippen LogP contribution in [0.4, 0.5) is 8.78 Å². The maximum atomic E-state index is 12.5. The Balaban J connectivity index is 1.87. The zero-order valence-corrected chi connectivity index (χ0v) is 12.2. The van der Waals surface area contributed by atoms with E-state index in [9.17, 15) is 8.78 Å². The molecule has 5 heteroatoms. The minimum Gasteiger partial charge on any atom is -0.468 e. The number of hydrogen-bond acceptors (Lipinski definition) is 3. The van der Waals surface area contributed by atoms with Crippen molar-refractivity contribution in [2.24, 2.45) is 0 Å². The van der Waals surface area contributed by atoms with Crippen LogP contribution in [0, 0.1) is 0 Å². The predicted molar refractivity (Wildman–Crippen MR) is 78.2 cm³/mol. The summed E-state index contributed by atoms with van der Waals surface area (Å²) < 4.78 is 30.4. The molecular formula is C16H20F2N2O. The smallest absolute Gasteiger partial charge is 0.263 e. The molecule has 1 unspecified atom stereocenters. The minimum atomic E-state index is -2.41. The Morgan fingerprint density at radius 3 is 2.38 bits per heavy atom. The van der Waals surface area contributed by atoms with Gasteiger partial charge in [0.05, 0.1) is 12.3 Å². The average Bonchev–Trinajstić information content (AvgIpc) is 2.97. The number of nitrogens with zero attached hydrogens (tertiary/aromatic N) is 1. The Morgan fingerprint density at radius 1 is 1.14 bits per heavy atom. The molecule has 0 spiro atoms. The third-order valence-corrected chi connectivity index (χ3v) is 3.39. The highest BCUT2D eigenvalue weighted by molar-refractivity contribution is 5.23. The van der Waals surface area contributed by atoms with Crippen molar-refractivity contribution in [1.82, 2.24) is 10.2 Å². The van der Waals surface area contributed by atoms with Gasteiger partial charge in [0.2, 0.25) is 0 Å². The van der Waals surface area contributed by atoms with Crippen molar-refractivity contribution in [3.05, 3.63) is 59.5 Å². The van der Waals surface area contributed by atoms with Gasteiger partial charge in [0.1, 0.15) is 5.76 Å². The molecule has 1 atom stereocenters. The van der Waals surface area contributed by atoms with E-state index in [4.69, 9.17) is 4.42 Å². The maximum absolute atomic E-state index is 12.5. The second-order valence-electron chi connectivity index (χ2n) is 5.17. The quantitative estimate of drug-likeness (QED) is 0.845. The van der Waals surface area contributed by atoms with E-state index < -0.39 is 6.43 Å². The largest absolute Gasteiger partial charge is 0.468 e. The van der Waals surface area contributed by atoms with Crippen LogP contribution in [0.3, 0.4) is 0 Å². The monoisotopic (exact) mass is 294 g/mol. The van der Waals surface area contributed by atoms with Crippen molar-refractivity contribution in [3.63, 3.8) is 0 Å². The Morgan fingerprint density at radius 2 is 1.86 bits per heavy atom. The Bertz CT molecular complexity index is 524. The van der Waals surface area contributed by atoms with Crippen LogP contribution >= 0.6 is 0 Å². The van der Waals surface area contributed by atoms with E-state index in [0.717, 1.165) is 17.9 Å². The van der Waals surface area contributed by atoms with E-state index in [1.807, 2.05) is 26.2 Å². The molecule has 0 bridgehead atoms. The molecule has 0 saturated carbocycles. The van der Waals surface area contributed by atoms with E-state index in [1.165, 1.54) is 12.1 Å². The van der Waals surface area contributed by atoms with E-state index >= 15 is 0 Å². The SMILES string of the molecule is CN(C)C(CNCc1ccc(C(F)F)cc1)c1ccco1. The number of benzene rings is 1. The van der Waals surface area contributed by atoms with Gasteiger partial charge in [-0.05, 0) is 31.8 Å². The van der Waals surface area contributed by atoms with Gasteiger partial charge < -0.3 is 9.73 Å². The molecule has 21 heavy (non-hydrogen) atoms. The minimum absolute atomic E-state index is 0.0560. The summed E-state index contributed by atoms with van der Waals surface area (Å²) in [4.78, 5) is 2.08. The molecule has 0 aliphatic carbocycles. The van der Waals surface area contributed by atoms with Crippen LogP contribution in [0.1, 0.15) is 29.4 Å². The lowest BCUT2D eigenvalue weighted by Crippen LogP contribution is -2.30. The fourth-order valence-electron chi connectivity index (χ4n) is 2.15. The van der Waals surface area contributed by atoms with Crippen LogP contribution in [-0.2, 0) is 6.54 Å². The van der Waals surface area contributed by atoms with Crippen LogP contribution in [-0.4, -0.2) is 25.5 Å². The first-order valence-electron chi connectivity index (χ1n) is 6.85. The van der Waals surface area contributed by atoms with Crippen molar-refractivity contribution in [2.45, 2.75) is 19.0 Å². The van der Waals surface area contributed by atoms with Crippen LogP contribution in [0.15, 0.2) is 47.1 Å². The molecule has 0 fully saturated rings. The van der Waals surface area contributed by atoms with Gasteiger partial charge in [-0.2, -0.15) is 0 Å². The van der Waals surface area contributed by atoms with Gasteiger partial charge in [-0.1, -0.05) is 24.3 Å². The third-order valence-electron chi connectivity index (χ3n) is 3.39. The Labute approximate surface area is 123 Å². The Hall–Kier alpha value is -1.72. The second kappa shape index (κ2) is 7.33. The zero-order valence-electron chi connectivity index (χ0n) is 12.2. The summed E-state index contributed by atoms with van der Waals surface area (Å²) in [6.07, 6.45) is -0.751. The zero-order chi connectivity index (χ0) is 15.2. The lowest BCUT2D eigenvalue weighted by atomic mass is 10.1. The number of furan rings is 1. The fourth-order valence-corrected chi connectivity index (χ4v) is 2.15. The molecule has 0 aliphatic heterocycles. The highest BCUT2D eigenvalue weighted by Gasteiger charge is 2.16. The fraction of sp³-hybridized carbons (Fsp3) is 0.375. The molecule has 0 saturated heterocycles. The first-order valence-corrected chi connectivity index (χ1v) is 6.85. The van der Waals surface area contributed by atoms with Gasteiger partial charge in [0, 0.05) is 18.7 Å². The van der Waals surface area contributed by atoms with E-state index in [0.29, 0.717) is 6.54 Å². The number of rotatable bonds is 7. The highest BCUT2D eigenvalue weighted by atomic mass is 19.3. The summed E-state index contributed by atoms with van der Waals surface area (Å²) in [6, 6.07) is 10.4. The molecule has 1 heterocycles. The summed E-state index contributed by atoms with van der Waals surface area (Å²) in [5.41, 5.74) is 1.04. The van der Waals surface area contributed by atoms with Gasteiger partial charge >= 0.3 is 0 Å². The molecule has 2 aromatic rings. The normalized spacial score (nSPS) is 13.0. The highest BCUT2D eigenvalue weighted by Crippen LogP contribution is 2.19. The molecule has 2 rings (SSSR count). The number of likely N-dealkylation sites (N-methyl/N-ethyl adjacent to an activating group) is 1. The van der Waals surface area contributed by atoms with Gasteiger partial charge in [0.15, 0.2) is 0 Å². The molecule has 0 radical (unpaired) electrons. The molecule has 1 aromatic carbocycles. The number of hydrogen-bond donors (Lipinski definition) is 1. The molecule has 1 aromatic heterocycles. The predicted octanol–water partition coefficient (Wildman–Crippen LogP) is 3.61. The van der Waals surface area contributed by atoms with Crippen molar-refractivity contribution in [1.29, 1.82) is 0 Å². The number of nitrogens with one attached hydrogen (secondary N) is 1. The lowest BCUT2D eigenvalue weighted by Gasteiger charge is -2.22. The molecule has 3 nitrogen and oxygen atoms in total. The van der Waals surface area contributed by atoms with Crippen molar-refractivity contribution in [3.8, 4) is 0 Å². The number of alkyl halides is 2. The molecular weight excluding hydrogens is 274 g/mol. The standard InChI is InChI=1S/C16H20F2N2O/c1-20(2)14(15-4-3-9-21-15)11-19-10-12-5-7-13(8-6-12)16(17)18/h3-9,14,16,19H,10-11H2,1-2H3. The summed E-state index contributed by atoms with van der Waals surface area (Å²) in [7, 11) is 3.98. The van der Waals surface area contributed by atoms with Crippen molar-refractivity contribution >= 4 is 0 Å².